The lowest BCUT2D eigenvalue weighted by atomic mass is 9.84. The van der Waals surface area contributed by atoms with Crippen LogP contribution in [0.4, 0.5) is 0 Å². The Labute approximate surface area is 310 Å². The summed E-state index contributed by atoms with van der Waals surface area (Å²) in [5.74, 6) is 0.790. The molecular formula is C50H30N4. The quantitative estimate of drug-likeness (QED) is 0.181. The van der Waals surface area contributed by atoms with Gasteiger partial charge in [-0.3, -0.25) is 9.55 Å². The van der Waals surface area contributed by atoms with E-state index in [0.717, 1.165) is 56.2 Å². The average molecular weight is 687 g/mol. The van der Waals surface area contributed by atoms with E-state index in [2.05, 4.69) is 185 Å². The highest BCUT2D eigenvalue weighted by Crippen LogP contribution is 2.47. The van der Waals surface area contributed by atoms with Crippen LogP contribution in [0.15, 0.2) is 182 Å². The van der Waals surface area contributed by atoms with Crippen LogP contribution in [0.25, 0.3) is 111 Å². The van der Waals surface area contributed by atoms with Gasteiger partial charge in [0.1, 0.15) is 0 Å². The van der Waals surface area contributed by atoms with Gasteiger partial charge in [0.05, 0.1) is 39.7 Å². The van der Waals surface area contributed by atoms with Crippen molar-refractivity contribution in [2.45, 2.75) is 0 Å². The van der Waals surface area contributed by atoms with E-state index in [0.29, 0.717) is 0 Å². The Bertz CT molecular complexity index is 3340. The second-order valence-corrected chi connectivity index (χ2v) is 14.2. The molecule has 3 aromatic heterocycles. The number of nitrogens with zero attached hydrogens (tertiary/aromatic N) is 4. The Kier molecular flexibility index (Phi) is 6.02. The van der Waals surface area contributed by atoms with Gasteiger partial charge in [-0.1, -0.05) is 140 Å². The average Bonchev–Trinajstić information content (AvgIpc) is 3.76. The van der Waals surface area contributed by atoms with Crippen molar-refractivity contribution in [1.29, 1.82) is 0 Å². The molecule has 0 amide bonds. The third-order valence-electron chi connectivity index (χ3n) is 11.3. The zero-order valence-corrected chi connectivity index (χ0v) is 29.1. The molecule has 0 fully saturated rings. The van der Waals surface area contributed by atoms with Gasteiger partial charge >= 0.3 is 0 Å². The molecule has 0 bridgehead atoms. The van der Waals surface area contributed by atoms with E-state index in [1.807, 2.05) is 6.20 Å². The molecule has 1 aliphatic carbocycles. The highest BCUT2D eigenvalue weighted by molar-refractivity contribution is 6.29. The normalized spacial score (nSPS) is 12.1. The lowest BCUT2D eigenvalue weighted by Crippen LogP contribution is -2.05. The first kappa shape index (κ1) is 29.3. The van der Waals surface area contributed by atoms with Gasteiger partial charge < -0.3 is 4.57 Å². The van der Waals surface area contributed by atoms with Crippen molar-refractivity contribution in [3.05, 3.63) is 182 Å². The molecule has 0 N–H and O–H groups in total. The first-order chi connectivity index (χ1) is 26.8. The van der Waals surface area contributed by atoms with Crippen molar-refractivity contribution in [2.75, 3.05) is 0 Å². The van der Waals surface area contributed by atoms with E-state index >= 15 is 0 Å². The van der Waals surface area contributed by atoms with Gasteiger partial charge in [0, 0.05) is 38.4 Å². The molecule has 12 rings (SSSR count). The fourth-order valence-electron chi connectivity index (χ4n) is 9.03. The van der Waals surface area contributed by atoms with Crippen molar-refractivity contribution < 1.29 is 0 Å². The molecule has 0 radical (unpaired) electrons. The molecule has 0 aliphatic heterocycles. The van der Waals surface area contributed by atoms with Crippen LogP contribution < -0.4 is 0 Å². The smallest absolute Gasteiger partial charge is 0.156 e. The number of aromatic nitrogens is 4. The standard InChI is InChI=1S/C50H30N4/c1-2-14-32-29-33(26-25-31(32)13-1)53-42-23-11-9-21-40(42)47-44(53)27-28-45-48(47)41-22-10-12-24-43(41)54(45)46-30-51-49-38-19-7-5-17-36(38)34-15-3-4-16-35(34)37-18-6-8-20-39(37)50(49)52-46/h1-30H. The van der Waals surface area contributed by atoms with Crippen molar-refractivity contribution >= 4 is 54.4 Å². The molecule has 1 aliphatic rings. The fourth-order valence-corrected chi connectivity index (χ4v) is 9.03. The van der Waals surface area contributed by atoms with E-state index in [9.17, 15) is 0 Å². The minimum Gasteiger partial charge on any atom is -0.309 e. The summed E-state index contributed by atoms with van der Waals surface area (Å²) in [6.45, 7) is 0. The van der Waals surface area contributed by atoms with E-state index in [1.54, 1.807) is 0 Å². The molecule has 250 valence electrons. The maximum Gasteiger partial charge on any atom is 0.156 e. The molecule has 0 saturated heterocycles. The van der Waals surface area contributed by atoms with E-state index in [4.69, 9.17) is 9.97 Å². The summed E-state index contributed by atoms with van der Waals surface area (Å²) in [7, 11) is 0. The molecule has 4 heteroatoms. The van der Waals surface area contributed by atoms with Gasteiger partial charge in [0.15, 0.2) is 5.82 Å². The van der Waals surface area contributed by atoms with Gasteiger partial charge in [-0.2, -0.15) is 0 Å². The van der Waals surface area contributed by atoms with Crippen molar-refractivity contribution in [1.82, 2.24) is 19.1 Å². The van der Waals surface area contributed by atoms with Crippen molar-refractivity contribution in [2.24, 2.45) is 0 Å². The summed E-state index contributed by atoms with van der Waals surface area (Å²) in [6, 6.07) is 63.3. The molecule has 8 aromatic carbocycles. The number of rotatable bonds is 2. The SMILES string of the molecule is c1ccc2c(c1)-c1ccccc1-c1ncc(-n3c4ccccc4c4c5c6ccccc6n(-c6ccc7ccccc7c6)c5ccc43)nc1-c1ccccc1-2. The second kappa shape index (κ2) is 11.1. The summed E-state index contributed by atoms with van der Waals surface area (Å²) in [5.41, 5.74) is 14.3. The first-order valence-electron chi connectivity index (χ1n) is 18.4. The van der Waals surface area contributed by atoms with Gasteiger partial charge in [0.2, 0.25) is 0 Å². The third-order valence-corrected chi connectivity index (χ3v) is 11.3. The topological polar surface area (TPSA) is 35.6 Å². The molecule has 0 unspecified atom stereocenters. The highest BCUT2D eigenvalue weighted by Gasteiger charge is 2.26. The monoisotopic (exact) mass is 686 g/mol. The van der Waals surface area contributed by atoms with Crippen LogP contribution in [-0.4, -0.2) is 19.1 Å². The lowest BCUT2D eigenvalue weighted by molar-refractivity contribution is 1.05. The van der Waals surface area contributed by atoms with Gasteiger partial charge in [-0.05, 0) is 69.4 Å². The van der Waals surface area contributed by atoms with Gasteiger partial charge in [-0.15, -0.1) is 0 Å². The molecule has 0 spiro atoms. The van der Waals surface area contributed by atoms with Crippen molar-refractivity contribution in [3.8, 4) is 56.3 Å². The van der Waals surface area contributed by atoms with Crippen molar-refractivity contribution in [3.63, 3.8) is 0 Å². The number of fused-ring (bicyclic) bond motifs is 16. The minimum absolute atomic E-state index is 0.790. The Balaban J connectivity index is 1.16. The second-order valence-electron chi connectivity index (χ2n) is 14.2. The van der Waals surface area contributed by atoms with Crippen LogP contribution in [0, 0.1) is 0 Å². The molecular weight excluding hydrogens is 657 g/mol. The Morgan fingerprint density at radius 1 is 0.352 bits per heavy atom. The van der Waals surface area contributed by atoms with Crippen LogP contribution in [0.2, 0.25) is 0 Å². The molecule has 54 heavy (non-hydrogen) atoms. The summed E-state index contributed by atoms with van der Waals surface area (Å²) >= 11 is 0. The summed E-state index contributed by atoms with van der Waals surface area (Å²) < 4.78 is 4.72. The van der Waals surface area contributed by atoms with E-state index in [-0.39, 0.29) is 0 Å². The molecule has 0 saturated carbocycles. The predicted molar refractivity (Wildman–Crippen MR) is 224 cm³/mol. The molecule has 0 atom stereocenters. The molecule has 11 aromatic rings. The summed E-state index contributed by atoms with van der Waals surface area (Å²) in [5, 5.41) is 7.33. The summed E-state index contributed by atoms with van der Waals surface area (Å²) in [4.78, 5) is 10.9. The number of benzene rings is 8. The van der Waals surface area contributed by atoms with Gasteiger partial charge in [0.25, 0.3) is 0 Å². The number of para-hydroxylation sites is 2. The van der Waals surface area contributed by atoms with E-state index in [1.165, 1.54) is 54.5 Å². The Morgan fingerprint density at radius 2 is 0.833 bits per heavy atom. The Morgan fingerprint density at radius 3 is 1.48 bits per heavy atom. The number of hydrogen-bond acceptors (Lipinski definition) is 2. The largest absolute Gasteiger partial charge is 0.309 e. The van der Waals surface area contributed by atoms with Crippen LogP contribution in [-0.2, 0) is 0 Å². The maximum atomic E-state index is 5.59. The van der Waals surface area contributed by atoms with E-state index < -0.39 is 0 Å². The maximum absolute atomic E-state index is 5.59. The molecule has 3 heterocycles. The third kappa shape index (κ3) is 4.02. The number of hydrogen-bond donors (Lipinski definition) is 0. The first-order valence-corrected chi connectivity index (χ1v) is 18.4. The van der Waals surface area contributed by atoms with Crippen LogP contribution in [0.1, 0.15) is 0 Å². The highest BCUT2D eigenvalue weighted by atomic mass is 15.1. The fraction of sp³-hybridized carbons (Fsp3) is 0. The zero-order chi connectivity index (χ0) is 35.3. The predicted octanol–water partition coefficient (Wildman–Crippen LogP) is 12.8. The lowest BCUT2D eigenvalue weighted by Gasteiger charge is -2.22. The van der Waals surface area contributed by atoms with Crippen LogP contribution in [0.5, 0.6) is 0 Å². The zero-order valence-electron chi connectivity index (χ0n) is 29.1. The van der Waals surface area contributed by atoms with Crippen LogP contribution in [0.3, 0.4) is 0 Å². The summed E-state index contributed by atoms with van der Waals surface area (Å²) in [6.07, 6.45) is 1.96. The minimum atomic E-state index is 0.790. The molecule has 4 nitrogen and oxygen atoms in total. The Hall–Kier alpha value is -7.30. The van der Waals surface area contributed by atoms with Gasteiger partial charge in [-0.25, -0.2) is 4.98 Å². The van der Waals surface area contributed by atoms with Crippen LogP contribution >= 0.6 is 0 Å².